The van der Waals surface area contributed by atoms with Crippen molar-refractivity contribution in [2.75, 3.05) is 6.54 Å². The standard InChI is InChI=1S/C12H12FNO3/c13-9-3-1-2-8(6-9)12(11(16)17)5-4-10(15)14-7-12/h1-3,6H,4-5,7H2,(H,14,15)(H,16,17). The quantitative estimate of drug-likeness (QED) is 0.808. The van der Waals surface area contributed by atoms with Crippen molar-refractivity contribution in [1.82, 2.24) is 5.32 Å². The Hall–Kier alpha value is -1.91. The highest BCUT2D eigenvalue weighted by Crippen LogP contribution is 2.32. The molecule has 17 heavy (non-hydrogen) atoms. The van der Waals surface area contributed by atoms with Gasteiger partial charge in [0.25, 0.3) is 0 Å². The van der Waals surface area contributed by atoms with E-state index in [4.69, 9.17) is 0 Å². The number of carbonyl (C=O) groups excluding carboxylic acids is 1. The lowest BCUT2D eigenvalue weighted by Gasteiger charge is -2.33. The van der Waals surface area contributed by atoms with Gasteiger partial charge in [-0.05, 0) is 24.1 Å². The number of carboxylic acid groups (broad SMARTS) is 1. The number of nitrogens with one attached hydrogen (secondary N) is 1. The Morgan fingerprint density at radius 3 is 2.76 bits per heavy atom. The minimum atomic E-state index is -1.21. The Balaban J connectivity index is 2.41. The smallest absolute Gasteiger partial charge is 0.315 e. The van der Waals surface area contributed by atoms with Crippen LogP contribution in [-0.4, -0.2) is 23.5 Å². The summed E-state index contributed by atoms with van der Waals surface area (Å²) in [5.74, 6) is -1.68. The van der Waals surface area contributed by atoms with Gasteiger partial charge in [-0.15, -0.1) is 0 Å². The van der Waals surface area contributed by atoms with E-state index in [2.05, 4.69) is 5.32 Å². The van der Waals surface area contributed by atoms with Gasteiger partial charge in [0.1, 0.15) is 11.2 Å². The first-order valence-electron chi connectivity index (χ1n) is 5.31. The second-order valence-corrected chi connectivity index (χ2v) is 4.17. The zero-order chi connectivity index (χ0) is 12.5. The van der Waals surface area contributed by atoms with Gasteiger partial charge in [-0.1, -0.05) is 12.1 Å². The number of carbonyl (C=O) groups is 2. The number of rotatable bonds is 2. The summed E-state index contributed by atoms with van der Waals surface area (Å²) in [7, 11) is 0. The molecular weight excluding hydrogens is 225 g/mol. The van der Waals surface area contributed by atoms with Crippen LogP contribution in [0.5, 0.6) is 0 Å². The van der Waals surface area contributed by atoms with Gasteiger partial charge in [-0.25, -0.2) is 4.39 Å². The number of halogens is 1. The Morgan fingerprint density at radius 1 is 1.47 bits per heavy atom. The number of hydrogen-bond acceptors (Lipinski definition) is 2. The van der Waals surface area contributed by atoms with Crippen LogP contribution in [0.3, 0.4) is 0 Å². The molecule has 5 heteroatoms. The SMILES string of the molecule is O=C1CCC(C(=O)O)(c2cccc(F)c2)CN1. The van der Waals surface area contributed by atoms with Crippen molar-refractivity contribution in [3.05, 3.63) is 35.6 Å². The summed E-state index contributed by atoms with van der Waals surface area (Å²) < 4.78 is 13.2. The van der Waals surface area contributed by atoms with Gasteiger partial charge in [0, 0.05) is 13.0 Å². The largest absolute Gasteiger partial charge is 0.481 e. The molecule has 1 aromatic rings. The third-order valence-electron chi connectivity index (χ3n) is 3.15. The third kappa shape index (κ3) is 2.00. The van der Waals surface area contributed by atoms with Crippen LogP contribution in [0.15, 0.2) is 24.3 Å². The van der Waals surface area contributed by atoms with E-state index < -0.39 is 17.2 Å². The second-order valence-electron chi connectivity index (χ2n) is 4.17. The predicted octanol–water partition coefficient (Wildman–Crippen LogP) is 1.06. The van der Waals surface area contributed by atoms with Crippen LogP contribution in [-0.2, 0) is 15.0 Å². The highest BCUT2D eigenvalue weighted by Gasteiger charge is 2.43. The summed E-state index contributed by atoms with van der Waals surface area (Å²) in [6.45, 7) is 0.00458. The zero-order valence-electron chi connectivity index (χ0n) is 9.07. The van der Waals surface area contributed by atoms with E-state index in [1.54, 1.807) is 6.07 Å². The molecule has 4 nitrogen and oxygen atoms in total. The van der Waals surface area contributed by atoms with Gasteiger partial charge < -0.3 is 10.4 Å². The van der Waals surface area contributed by atoms with E-state index >= 15 is 0 Å². The molecule has 0 spiro atoms. The molecule has 1 aromatic carbocycles. The maximum Gasteiger partial charge on any atom is 0.315 e. The summed E-state index contributed by atoms with van der Waals surface area (Å²) in [4.78, 5) is 22.5. The summed E-state index contributed by atoms with van der Waals surface area (Å²) in [6.07, 6.45) is 0.334. The highest BCUT2D eigenvalue weighted by molar-refractivity contribution is 5.86. The van der Waals surface area contributed by atoms with E-state index in [0.29, 0.717) is 5.56 Å². The molecule has 1 atom stereocenters. The van der Waals surface area contributed by atoms with Gasteiger partial charge in [0.05, 0.1) is 0 Å². The number of benzene rings is 1. The molecule has 2 N–H and O–H groups in total. The summed E-state index contributed by atoms with van der Waals surface area (Å²) in [5.41, 5.74) is -0.819. The summed E-state index contributed by atoms with van der Waals surface area (Å²) in [6, 6.07) is 5.53. The minimum Gasteiger partial charge on any atom is -0.481 e. The van der Waals surface area contributed by atoms with E-state index in [0.717, 1.165) is 0 Å². The van der Waals surface area contributed by atoms with Crippen LogP contribution < -0.4 is 5.32 Å². The Bertz CT molecular complexity index is 463. The zero-order valence-corrected chi connectivity index (χ0v) is 9.07. The number of piperidine rings is 1. The lowest BCUT2D eigenvalue weighted by atomic mass is 9.74. The molecule has 1 fully saturated rings. The molecule has 1 aliphatic rings. The number of hydrogen-bond donors (Lipinski definition) is 2. The maximum absolute atomic E-state index is 13.2. The molecular formula is C12H12FNO3. The van der Waals surface area contributed by atoms with Crippen LogP contribution in [0.1, 0.15) is 18.4 Å². The average molecular weight is 237 g/mol. The van der Waals surface area contributed by atoms with Crippen LogP contribution in [0, 0.1) is 5.82 Å². The second kappa shape index (κ2) is 4.16. The lowest BCUT2D eigenvalue weighted by Crippen LogP contribution is -2.51. The van der Waals surface area contributed by atoms with Crippen LogP contribution in [0.25, 0.3) is 0 Å². The Labute approximate surface area is 97.4 Å². The fourth-order valence-corrected chi connectivity index (χ4v) is 2.09. The molecule has 0 saturated carbocycles. The fourth-order valence-electron chi connectivity index (χ4n) is 2.09. The first-order valence-corrected chi connectivity index (χ1v) is 5.31. The first-order chi connectivity index (χ1) is 8.04. The van der Waals surface area contributed by atoms with Crippen molar-refractivity contribution in [2.45, 2.75) is 18.3 Å². The normalized spacial score (nSPS) is 24.2. The molecule has 2 rings (SSSR count). The van der Waals surface area contributed by atoms with Crippen LogP contribution in [0.4, 0.5) is 4.39 Å². The molecule has 0 bridgehead atoms. The van der Waals surface area contributed by atoms with Gasteiger partial charge in [-0.2, -0.15) is 0 Å². The molecule has 90 valence electrons. The molecule has 0 aromatic heterocycles. The van der Waals surface area contributed by atoms with Crippen molar-refractivity contribution in [2.24, 2.45) is 0 Å². The maximum atomic E-state index is 13.2. The topological polar surface area (TPSA) is 66.4 Å². The third-order valence-corrected chi connectivity index (χ3v) is 3.15. The highest BCUT2D eigenvalue weighted by atomic mass is 19.1. The summed E-state index contributed by atoms with van der Waals surface area (Å²) >= 11 is 0. The van der Waals surface area contributed by atoms with Crippen molar-refractivity contribution >= 4 is 11.9 Å². The fraction of sp³-hybridized carbons (Fsp3) is 0.333. The predicted molar refractivity (Wildman–Crippen MR) is 58.0 cm³/mol. The number of carboxylic acids is 1. The molecule has 1 heterocycles. The number of aliphatic carboxylic acids is 1. The monoisotopic (exact) mass is 237 g/mol. The first kappa shape index (κ1) is 11.6. The van der Waals surface area contributed by atoms with Gasteiger partial charge >= 0.3 is 5.97 Å². The van der Waals surface area contributed by atoms with Crippen molar-refractivity contribution in [1.29, 1.82) is 0 Å². The van der Waals surface area contributed by atoms with E-state index in [1.807, 2.05) is 0 Å². The lowest BCUT2D eigenvalue weighted by molar-refractivity contribution is -0.145. The van der Waals surface area contributed by atoms with Crippen LogP contribution >= 0.6 is 0 Å². The average Bonchev–Trinajstić information content (AvgIpc) is 2.30. The Morgan fingerprint density at radius 2 is 2.24 bits per heavy atom. The van der Waals surface area contributed by atoms with Crippen molar-refractivity contribution in [3.8, 4) is 0 Å². The molecule has 1 aliphatic heterocycles. The van der Waals surface area contributed by atoms with E-state index in [9.17, 15) is 19.1 Å². The molecule has 1 amide bonds. The molecule has 1 saturated heterocycles. The molecule has 0 radical (unpaired) electrons. The molecule has 0 aliphatic carbocycles. The summed E-state index contributed by atoms with van der Waals surface area (Å²) in [5, 5.41) is 11.9. The number of amides is 1. The van der Waals surface area contributed by atoms with Gasteiger partial charge in [0.2, 0.25) is 5.91 Å². The Kier molecular flexibility index (Phi) is 2.83. The van der Waals surface area contributed by atoms with Crippen molar-refractivity contribution in [3.63, 3.8) is 0 Å². The van der Waals surface area contributed by atoms with E-state index in [1.165, 1.54) is 18.2 Å². The van der Waals surface area contributed by atoms with E-state index in [-0.39, 0.29) is 25.3 Å². The molecule has 1 unspecified atom stereocenters. The van der Waals surface area contributed by atoms with Gasteiger partial charge in [-0.3, -0.25) is 9.59 Å². The minimum absolute atomic E-state index is 0.00458. The van der Waals surface area contributed by atoms with Crippen molar-refractivity contribution < 1.29 is 19.1 Å². The van der Waals surface area contributed by atoms with Gasteiger partial charge in [0.15, 0.2) is 0 Å². The van der Waals surface area contributed by atoms with Crippen LogP contribution in [0.2, 0.25) is 0 Å².